The smallest absolute Gasteiger partial charge is 0.382 e. The number of piperidine rings is 1. The summed E-state index contributed by atoms with van der Waals surface area (Å²) in [4.78, 5) is 14.2. The van der Waals surface area contributed by atoms with Crippen LogP contribution in [0.5, 0.6) is 0 Å². The Hall–Kier alpha value is -2.07. The Balaban J connectivity index is 2.22. The number of hydrogen-bond acceptors (Lipinski definition) is 4. The first kappa shape index (κ1) is 23.2. The minimum atomic E-state index is -4.33. The van der Waals surface area contributed by atoms with Crippen LogP contribution in [0.15, 0.2) is 41.8 Å². The van der Waals surface area contributed by atoms with Crippen molar-refractivity contribution in [2.24, 2.45) is 5.92 Å². The summed E-state index contributed by atoms with van der Waals surface area (Å²) in [6.07, 6.45) is -2.44. The number of carbonyl (C=O) groups is 1. The average molecular weight is 434 g/mol. The van der Waals surface area contributed by atoms with Crippen molar-refractivity contribution in [3.05, 3.63) is 47.4 Å². The van der Waals surface area contributed by atoms with Gasteiger partial charge in [-0.25, -0.2) is 13.2 Å². The van der Waals surface area contributed by atoms with Crippen LogP contribution in [0.4, 0.5) is 18.0 Å². The van der Waals surface area contributed by atoms with Crippen molar-refractivity contribution >= 4 is 15.9 Å². The van der Waals surface area contributed by atoms with Crippen LogP contribution in [0.2, 0.25) is 0 Å². The van der Waals surface area contributed by atoms with Crippen LogP contribution in [0, 0.1) is 5.92 Å². The minimum absolute atomic E-state index is 0.0206. The van der Waals surface area contributed by atoms with Crippen molar-refractivity contribution in [2.75, 3.05) is 26.5 Å². The van der Waals surface area contributed by atoms with Gasteiger partial charge in [0.05, 0.1) is 24.6 Å². The van der Waals surface area contributed by atoms with Crippen LogP contribution in [0.1, 0.15) is 24.4 Å². The highest BCUT2D eigenvalue weighted by molar-refractivity contribution is 7.93. The van der Waals surface area contributed by atoms with E-state index in [1.54, 1.807) is 30.3 Å². The average Bonchev–Trinajstić information content (AvgIpc) is 2.65. The minimum Gasteiger partial charge on any atom is -0.382 e. The van der Waals surface area contributed by atoms with Gasteiger partial charge in [-0.3, -0.25) is 0 Å². The molecule has 1 aromatic carbocycles. The molecular formula is C19H25F3N2O4S. The van der Waals surface area contributed by atoms with Gasteiger partial charge in [-0.05, 0) is 24.5 Å². The quantitative estimate of drug-likeness (QED) is 0.746. The summed E-state index contributed by atoms with van der Waals surface area (Å²) in [5.41, 5.74) is 0.617. The fourth-order valence-corrected chi connectivity index (χ4v) is 3.78. The van der Waals surface area contributed by atoms with Gasteiger partial charge in [0, 0.05) is 25.3 Å². The van der Waals surface area contributed by atoms with Gasteiger partial charge in [-0.2, -0.15) is 13.2 Å². The van der Waals surface area contributed by atoms with Gasteiger partial charge in [-0.15, -0.1) is 0 Å². The van der Waals surface area contributed by atoms with E-state index in [-0.39, 0.29) is 26.0 Å². The second kappa shape index (κ2) is 9.62. The van der Waals surface area contributed by atoms with E-state index in [2.05, 4.69) is 5.32 Å². The lowest BCUT2D eigenvalue weighted by atomic mass is 9.87. The Bertz CT molecular complexity index is 812. The number of likely N-dealkylation sites (tertiary alicyclic amines) is 1. The SMILES string of the molecule is COCC(/C=C/S(C)(=O)=O)NC(=O)N1CC[C@H](C(F)(F)F)C[C@@H]1c1ccccc1. The molecular weight excluding hydrogens is 409 g/mol. The predicted octanol–water partition coefficient (Wildman–Crippen LogP) is 3.28. The zero-order valence-electron chi connectivity index (χ0n) is 16.2. The fraction of sp³-hybridized carbons (Fsp3) is 0.526. The number of carbonyl (C=O) groups excluding carboxylic acids is 1. The summed E-state index contributed by atoms with van der Waals surface area (Å²) in [6.45, 7) is -0.0438. The molecule has 0 aliphatic carbocycles. The van der Waals surface area contributed by atoms with E-state index in [9.17, 15) is 26.4 Å². The fourth-order valence-electron chi connectivity index (χ4n) is 3.30. The molecule has 0 aromatic heterocycles. The van der Waals surface area contributed by atoms with Crippen molar-refractivity contribution in [3.8, 4) is 0 Å². The number of nitrogens with one attached hydrogen (secondary N) is 1. The highest BCUT2D eigenvalue weighted by Crippen LogP contribution is 2.42. The van der Waals surface area contributed by atoms with Crippen molar-refractivity contribution in [3.63, 3.8) is 0 Å². The van der Waals surface area contributed by atoms with Crippen LogP contribution >= 0.6 is 0 Å². The van der Waals surface area contributed by atoms with E-state index >= 15 is 0 Å². The molecule has 162 valence electrons. The molecule has 0 radical (unpaired) electrons. The van der Waals surface area contributed by atoms with Crippen molar-refractivity contribution in [1.29, 1.82) is 0 Å². The van der Waals surface area contributed by atoms with Crippen LogP contribution in [0.3, 0.4) is 0 Å². The van der Waals surface area contributed by atoms with Crippen molar-refractivity contribution in [2.45, 2.75) is 31.1 Å². The van der Waals surface area contributed by atoms with Gasteiger partial charge in [0.2, 0.25) is 0 Å². The molecule has 1 aliphatic heterocycles. The molecule has 0 saturated carbocycles. The summed E-state index contributed by atoms with van der Waals surface area (Å²) in [5.74, 6) is -1.49. The van der Waals surface area contributed by atoms with E-state index < -0.39 is 40.0 Å². The van der Waals surface area contributed by atoms with E-state index in [1.807, 2.05) is 0 Å². The number of benzene rings is 1. The number of amides is 2. The van der Waals surface area contributed by atoms with Crippen LogP contribution in [-0.4, -0.2) is 58.1 Å². The molecule has 6 nitrogen and oxygen atoms in total. The molecule has 1 fully saturated rings. The molecule has 10 heteroatoms. The molecule has 0 bridgehead atoms. The Labute approximate surface area is 168 Å². The van der Waals surface area contributed by atoms with E-state index in [4.69, 9.17) is 4.74 Å². The summed E-state index contributed by atoms with van der Waals surface area (Å²) in [7, 11) is -2.00. The molecule has 1 aliphatic rings. The molecule has 1 unspecified atom stereocenters. The Kier molecular flexibility index (Phi) is 7.70. The van der Waals surface area contributed by atoms with Gasteiger partial charge >= 0.3 is 12.2 Å². The maximum absolute atomic E-state index is 13.3. The molecule has 3 atom stereocenters. The maximum atomic E-state index is 13.3. The number of urea groups is 1. The van der Waals surface area contributed by atoms with Crippen LogP contribution in [0.25, 0.3) is 0 Å². The Morgan fingerprint density at radius 2 is 2.00 bits per heavy atom. The van der Waals surface area contributed by atoms with E-state index in [0.29, 0.717) is 5.56 Å². The van der Waals surface area contributed by atoms with Gasteiger partial charge in [-0.1, -0.05) is 30.3 Å². The normalized spacial score (nSPS) is 21.9. The number of hydrogen-bond donors (Lipinski definition) is 1. The predicted molar refractivity (Wildman–Crippen MR) is 103 cm³/mol. The highest BCUT2D eigenvalue weighted by atomic mass is 32.2. The maximum Gasteiger partial charge on any atom is 0.391 e. The first-order valence-corrected chi connectivity index (χ1v) is 11.0. The van der Waals surface area contributed by atoms with Crippen molar-refractivity contribution < 1.29 is 31.1 Å². The third-order valence-electron chi connectivity index (χ3n) is 4.72. The number of alkyl halides is 3. The molecule has 29 heavy (non-hydrogen) atoms. The van der Waals surface area contributed by atoms with E-state index in [1.165, 1.54) is 18.1 Å². The number of ether oxygens (including phenoxy) is 1. The number of sulfone groups is 1. The third kappa shape index (κ3) is 7.04. The molecule has 1 saturated heterocycles. The highest BCUT2D eigenvalue weighted by Gasteiger charge is 2.45. The molecule has 1 heterocycles. The summed E-state index contributed by atoms with van der Waals surface area (Å²) >= 11 is 0. The molecule has 1 aromatic rings. The Morgan fingerprint density at radius 1 is 1.34 bits per heavy atom. The molecule has 0 spiro atoms. The third-order valence-corrected chi connectivity index (χ3v) is 5.38. The first-order valence-electron chi connectivity index (χ1n) is 9.07. The number of nitrogens with zero attached hydrogens (tertiary/aromatic N) is 1. The first-order chi connectivity index (χ1) is 13.5. The molecule has 1 N–H and O–H groups in total. The second-order valence-corrected chi connectivity index (χ2v) is 8.98. The number of halogens is 3. The van der Waals surface area contributed by atoms with Gasteiger partial charge in [0.1, 0.15) is 0 Å². The molecule has 2 amide bonds. The summed E-state index contributed by atoms with van der Waals surface area (Å²) in [6, 6.07) is 6.52. The Morgan fingerprint density at radius 3 is 2.55 bits per heavy atom. The number of rotatable bonds is 6. The zero-order valence-corrected chi connectivity index (χ0v) is 17.0. The van der Waals surface area contributed by atoms with Gasteiger partial charge < -0.3 is 15.0 Å². The lowest BCUT2D eigenvalue weighted by Crippen LogP contribution is -2.51. The zero-order chi connectivity index (χ0) is 21.7. The van der Waals surface area contributed by atoms with Crippen LogP contribution < -0.4 is 5.32 Å². The van der Waals surface area contributed by atoms with Gasteiger partial charge in [0.25, 0.3) is 0 Å². The second-order valence-electron chi connectivity index (χ2n) is 7.05. The monoisotopic (exact) mass is 434 g/mol. The van der Waals surface area contributed by atoms with Crippen LogP contribution in [-0.2, 0) is 14.6 Å². The topological polar surface area (TPSA) is 75.7 Å². The largest absolute Gasteiger partial charge is 0.391 e. The van der Waals surface area contributed by atoms with Crippen molar-refractivity contribution in [1.82, 2.24) is 10.2 Å². The number of methoxy groups -OCH3 is 1. The lowest BCUT2D eigenvalue weighted by molar-refractivity contribution is -0.188. The summed E-state index contributed by atoms with van der Waals surface area (Å²) < 4.78 is 67.5. The molecule has 2 rings (SSSR count). The summed E-state index contributed by atoms with van der Waals surface area (Å²) in [5, 5.41) is 3.60. The van der Waals surface area contributed by atoms with Gasteiger partial charge in [0.15, 0.2) is 9.84 Å². The standard InChI is InChI=1S/C19H25F3N2O4S/c1-28-13-16(9-11-29(2,26)27)23-18(25)24-10-8-15(19(20,21)22)12-17(24)14-6-4-3-5-7-14/h3-7,9,11,15-17H,8,10,12-13H2,1-2H3,(H,23,25)/b11-9+/t15-,16?,17+/m0/s1. The lowest BCUT2D eigenvalue weighted by Gasteiger charge is -2.40. The van der Waals surface area contributed by atoms with E-state index in [0.717, 1.165) is 11.7 Å².